The minimum Gasteiger partial charge on any atom is -0.383 e. The second kappa shape index (κ2) is 9.59. The monoisotopic (exact) mass is 357 g/mol. The zero-order valence-electron chi connectivity index (χ0n) is 15.9. The Bertz CT molecular complexity index is 711. The lowest BCUT2D eigenvalue weighted by Gasteiger charge is -2.25. The van der Waals surface area contributed by atoms with Crippen LogP contribution < -0.4 is 10.6 Å². The van der Waals surface area contributed by atoms with Crippen molar-refractivity contribution >= 4 is 16.9 Å². The Labute approximate surface area is 156 Å². The summed E-state index contributed by atoms with van der Waals surface area (Å²) in [5.74, 6) is 0.878. The molecule has 0 saturated carbocycles. The van der Waals surface area contributed by atoms with Crippen LogP contribution >= 0.6 is 0 Å². The zero-order valence-corrected chi connectivity index (χ0v) is 15.9. The van der Waals surface area contributed by atoms with Gasteiger partial charge in [-0.3, -0.25) is 9.89 Å². The fourth-order valence-electron chi connectivity index (χ4n) is 3.72. The number of rotatable bonds is 8. The maximum Gasteiger partial charge on any atom is 0.191 e. The lowest BCUT2D eigenvalue weighted by Crippen LogP contribution is -2.45. The maximum absolute atomic E-state index is 5.22. The van der Waals surface area contributed by atoms with Gasteiger partial charge in [0.15, 0.2) is 5.96 Å². The van der Waals surface area contributed by atoms with Gasteiger partial charge in [-0.25, -0.2) is 0 Å². The molecule has 1 aliphatic rings. The Balaban J connectivity index is 1.43. The van der Waals surface area contributed by atoms with Gasteiger partial charge < -0.3 is 20.4 Å². The van der Waals surface area contributed by atoms with E-state index in [1.165, 1.54) is 35.9 Å². The Morgan fingerprint density at radius 3 is 3.08 bits per heavy atom. The van der Waals surface area contributed by atoms with Crippen LogP contribution in [0.4, 0.5) is 0 Å². The highest BCUT2D eigenvalue weighted by Crippen LogP contribution is 2.18. The molecule has 3 N–H and O–H groups in total. The molecule has 6 nitrogen and oxygen atoms in total. The standard InChI is InChI=1S/C20H31N5O/c1-21-20(24-15-17-6-5-11-25(17)12-13-26-2)22-10-9-16-14-23-19-8-4-3-7-18(16)19/h3-4,7-8,14,17,23H,5-6,9-13,15H2,1-2H3,(H2,21,22,24). The van der Waals surface area contributed by atoms with E-state index in [2.05, 4.69) is 56.0 Å². The van der Waals surface area contributed by atoms with Crippen LogP contribution in [0.2, 0.25) is 0 Å². The molecule has 1 aromatic heterocycles. The van der Waals surface area contributed by atoms with Gasteiger partial charge in [-0.05, 0) is 37.4 Å². The predicted molar refractivity (Wildman–Crippen MR) is 108 cm³/mol. The van der Waals surface area contributed by atoms with Gasteiger partial charge in [-0.15, -0.1) is 0 Å². The number of nitrogens with one attached hydrogen (secondary N) is 3. The number of likely N-dealkylation sites (tertiary alicyclic amines) is 1. The summed E-state index contributed by atoms with van der Waals surface area (Å²) in [4.78, 5) is 10.2. The summed E-state index contributed by atoms with van der Waals surface area (Å²) in [6.07, 6.45) is 5.58. The second-order valence-corrected chi connectivity index (χ2v) is 6.81. The van der Waals surface area contributed by atoms with Crippen molar-refractivity contribution in [2.75, 3.05) is 46.9 Å². The normalized spacial score (nSPS) is 18.5. The van der Waals surface area contributed by atoms with Crippen molar-refractivity contribution < 1.29 is 4.74 Å². The van der Waals surface area contributed by atoms with Crippen molar-refractivity contribution in [3.05, 3.63) is 36.0 Å². The van der Waals surface area contributed by atoms with E-state index in [-0.39, 0.29) is 0 Å². The van der Waals surface area contributed by atoms with Crippen LogP contribution in [-0.4, -0.2) is 68.8 Å². The van der Waals surface area contributed by atoms with Crippen LogP contribution in [0, 0.1) is 0 Å². The molecule has 2 heterocycles. The molecule has 1 saturated heterocycles. The van der Waals surface area contributed by atoms with Gasteiger partial charge in [-0.2, -0.15) is 0 Å². The first-order valence-electron chi connectivity index (χ1n) is 9.54. The summed E-state index contributed by atoms with van der Waals surface area (Å²) in [5, 5.41) is 8.22. The molecule has 1 aromatic carbocycles. The largest absolute Gasteiger partial charge is 0.383 e. The highest BCUT2D eigenvalue weighted by Gasteiger charge is 2.23. The number of nitrogens with zero attached hydrogens (tertiary/aromatic N) is 2. The predicted octanol–water partition coefficient (Wildman–Crippen LogP) is 1.99. The molecule has 1 fully saturated rings. The molecular weight excluding hydrogens is 326 g/mol. The summed E-state index contributed by atoms with van der Waals surface area (Å²) in [6.45, 7) is 4.77. The smallest absolute Gasteiger partial charge is 0.191 e. The molecular formula is C20H31N5O. The van der Waals surface area contributed by atoms with E-state index < -0.39 is 0 Å². The first-order chi connectivity index (χ1) is 12.8. The SMILES string of the molecule is CN=C(NCCc1c[nH]c2ccccc12)NCC1CCCN1CCOC. The summed E-state index contributed by atoms with van der Waals surface area (Å²) in [5.41, 5.74) is 2.53. The van der Waals surface area contributed by atoms with Crippen LogP contribution in [0.5, 0.6) is 0 Å². The third-order valence-corrected chi connectivity index (χ3v) is 5.17. The van der Waals surface area contributed by atoms with Gasteiger partial charge in [0.25, 0.3) is 0 Å². The number of aromatic amines is 1. The molecule has 2 aromatic rings. The van der Waals surface area contributed by atoms with Gasteiger partial charge in [0.1, 0.15) is 0 Å². The average Bonchev–Trinajstić information content (AvgIpc) is 3.29. The fraction of sp³-hybridized carbons (Fsp3) is 0.550. The first-order valence-corrected chi connectivity index (χ1v) is 9.54. The van der Waals surface area contributed by atoms with E-state index in [0.29, 0.717) is 6.04 Å². The van der Waals surface area contributed by atoms with Crippen molar-refractivity contribution in [3.63, 3.8) is 0 Å². The summed E-state index contributed by atoms with van der Waals surface area (Å²) >= 11 is 0. The number of H-pyrrole nitrogens is 1. The van der Waals surface area contributed by atoms with Crippen molar-refractivity contribution in [2.24, 2.45) is 4.99 Å². The molecule has 0 bridgehead atoms. The van der Waals surface area contributed by atoms with Gasteiger partial charge in [0.2, 0.25) is 0 Å². The number of ether oxygens (including phenoxy) is 1. The Morgan fingerprint density at radius 1 is 1.35 bits per heavy atom. The molecule has 0 amide bonds. The van der Waals surface area contributed by atoms with Crippen LogP contribution in [0.1, 0.15) is 18.4 Å². The number of hydrogen-bond acceptors (Lipinski definition) is 3. The van der Waals surface area contributed by atoms with E-state index in [4.69, 9.17) is 4.74 Å². The Hall–Kier alpha value is -2.05. The molecule has 1 aliphatic heterocycles. The minimum atomic E-state index is 0.567. The summed E-state index contributed by atoms with van der Waals surface area (Å²) in [6, 6.07) is 9.00. The van der Waals surface area contributed by atoms with Crippen molar-refractivity contribution in [1.82, 2.24) is 20.5 Å². The van der Waals surface area contributed by atoms with E-state index in [1.54, 1.807) is 7.11 Å². The van der Waals surface area contributed by atoms with Crippen LogP contribution in [0.3, 0.4) is 0 Å². The Morgan fingerprint density at radius 2 is 2.23 bits per heavy atom. The molecule has 26 heavy (non-hydrogen) atoms. The first kappa shape index (κ1) is 18.7. The molecule has 0 spiro atoms. The van der Waals surface area contributed by atoms with E-state index in [9.17, 15) is 0 Å². The number of fused-ring (bicyclic) bond motifs is 1. The summed E-state index contributed by atoms with van der Waals surface area (Å²) < 4.78 is 5.22. The van der Waals surface area contributed by atoms with Crippen LogP contribution in [-0.2, 0) is 11.2 Å². The van der Waals surface area contributed by atoms with Gasteiger partial charge >= 0.3 is 0 Å². The second-order valence-electron chi connectivity index (χ2n) is 6.81. The topological polar surface area (TPSA) is 64.7 Å². The Kier molecular flexibility index (Phi) is 6.91. The van der Waals surface area contributed by atoms with Crippen LogP contribution in [0.25, 0.3) is 10.9 Å². The molecule has 0 radical (unpaired) electrons. The molecule has 6 heteroatoms. The van der Waals surface area contributed by atoms with E-state index in [0.717, 1.165) is 38.6 Å². The number of para-hydroxylation sites is 1. The number of methoxy groups -OCH3 is 1. The van der Waals surface area contributed by atoms with Gasteiger partial charge in [0.05, 0.1) is 6.61 Å². The van der Waals surface area contributed by atoms with Crippen molar-refractivity contribution in [1.29, 1.82) is 0 Å². The molecule has 1 atom stereocenters. The lowest BCUT2D eigenvalue weighted by molar-refractivity contribution is 0.141. The third kappa shape index (κ3) is 4.77. The molecule has 142 valence electrons. The quantitative estimate of drug-likeness (QED) is 0.499. The highest BCUT2D eigenvalue weighted by molar-refractivity contribution is 5.83. The number of hydrogen-bond donors (Lipinski definition) is 3. The lowest BCUT2D eigenvalue weighted by atomic mass is 10.1. The third-order valence-electron chi connectivity index (χ3n) is 5.17. The number of aliphatic imine (C=N–C) groups is 1. The average molecular weight is 358 g/mol. The number of guanidine groups is 1. The van der Waals surface area contributed by atoms with Gasteiger partial charge in [-0.1, -0.05) is 18.2 Å². The minimum absolute atomic E-state index is 0.567. The molecule has 3 rings (SSSR count). The molecule has 0 aliphatic carbocycles. The van der Waals surface area contributed by atoms with Crippen molar-refractivity contribution in [2.45, 2.75) is 25.3 Å². The fourth-order valence-corrected chi connectivity index (χ4v) is 3.72. The van der Waals surface area contributed by atoms with Crippen LogP contribution in [0.15, 0.2) is 35.5 Å². The maximum atomic E-state index is 5.22. The molecule has 1 unspecified atom stereocenters. The highest BCUT2D eigenvalue weighted by atomic mass is 16.5. The van der Waals surface area contributed by atoms with Gasteiger partial charge in [0, 0.05) is 56.9 Å². The van der Waals surface area contributed by atoms with E-state index >= 15 is 0 Å². The van der Waals surface area contributed by atoms with E-state index in [1.807, 2.05) is 7.05 Å². The summed E-state index contributed by atoms with van der Waals surface area (Å²) in [7, 11) is 3.60. The van der Waals surface area contributed by atoms with Crippen molar-refractivity contribution in [3.8, 4) is 0 Å². The zero-order chi connectivity index (χ0) is 18.2. The number of aromatic nitrogens is 1. The number of benzene rings is 1.